The zero-order chi connectivity index (χ0) is 13.1. The van der Waals surface area contributed by atoms with Gasteiger partial charge in [0.1, 0.15) is 11.0 Å². The van der Waals surface area contributed by atoms with E-state index in [9.17, 15) is 4.79 Å². The number of hydrogen-bond donors (Lipinski definition) is 1. The lowest BCUT2D eigenvalue weighted by molar-refractivity contribution is -0.117. The van der Waals surface area contributed by atoms with E-state index in [1.165, 1.54) is 11.0 Å². The van der Waals surface area contributed by atoms with E-state index in [-0.39, 0.29) is 29.5 Å². The molecule has 0 aliphatic carbocycles. The van der Waals surface area contributed by atoms with E-state index in [1.54, 1.807) is 0 Å². The summed E-state index contributed by atoms with van der Waals surface area (Å²) < 4.78 is 0. The molecule has 1 aromatic heterocycles. The number of carbonyl (C=O) groups is 1. The van der Waals surface area contributed by atoms with E-state index in [0.29, 0.717) is 18.8 Å². The van der Waals surface area contributed by atoms with Crippen LogP contribution in [-0.2, 0) is 4.79 Å². The minimum atomic E-state index is -0.0951. The van der Waals surface area contributed by atoms with Gasteiger partial charge in [-0.25, -0.2) is 4.98 Å². The van der Waals surface area contributed by atoms with Crippen molar-refractivity contribution in [3.05, 3.63) is 21.7 Å². The molecule has 1 aromatic rings. The number of halogens is 1. The summed E-state index contributed by atoms with van der Waals surface area (Å²) >= 11 is 5.76. The Bertz CT molecular complexity index is 507. The average Bonchev–Trinajstić information content (AvgIpc) is 2.66. The molecule has 18 heavy (non-hydrogen) atoms. The predicted octanol–water partition coefficient (Wildman–Crippen LogP) is 1.38. The Hall–Kier alpha value is -2.05. The first-order valence-corrected chi connectivity index (χ1v) is 5.59. The molecule has 1 atom stereocenters. The lowest BCUT2D eigenvalue weighted by Crippen LogP contribution is -2.26. The Labute approximate surface area is 107 Å². The van der Waals surface area contributed by atoms with Gasteiger partial charge >= 0.3 is 0 Å². The van der Waals surface area contributed by atoms with Gasteiger partial charge in [-0.15, -0.1) is 0 Å². The SMILES string of the molecule is [N-]=[N+]=NCC1CC(=O)N(c2cc(Cl)nc(N)n2)C1. The molecule has 1 aliphatic heterocycles. The summed E-state index contributed by atoms with van der Waals surface area (Å²) in [5.41, 5.74) is 13.7. The minimum absolute atomic E-state index is 0.0108. The van der Waals surface area contributed by atoms with Crippen LogP contribution in [0.3, 0.4) is 0 Å². The van der Waals surface area contributed by atoms with E-state index >= 15 is 0 Å². The molecular weight excluding hydrogens is 258 g/mol. The van der Waals surface area contributed by atoms with Crippen LogP contribution in [0.4, 0.5) is 11.8 Å². The van der Waals surface area contributed by atoms with Crippen LogP contribution in [0.15, 0.2) is 11.2 Å². The Morgan fingerprint density at radius 1 is 1.67 bits per heavy atom. The second-order valence-electron chi connectivity index (χ2n) is 3.89. The Morgan fingerprint density at radius 2 is 2.44 bits per heavy atom. The number of nitrogens with two attached hydrogens (primary N) is 1. The van der Waals surface area contributed by atoms with Crippen molar-refractivity contribution in [1.29, 1.82) is 0 Å². The highest BCUT2D eigenvalue weighted by molar-refractivity contribution is 6.29. The molecule has 94 valence electrons. The normalized spacial score (nSPS) is 18.8. The molecule has 0 bridgehead atoms. The highest BCUT2D eigenvalue weighted by Crippen LogP contribution is 2.25. The molecule has 0 spiro atoms. The second kappa shape index (κ2) is 5.07. The van der Waals surface area contributed by atoms with Crippen molar-refractivity contribution >= 4 is 29.3 Å². The number of carbonyl (C=O) groups excluding carboxylic acids is 1. The van der Waals surface area contributed by atoms with E-state index < -0.39 is 0 Å². The number of aromatic nitrogens is 2. The van der Waals surface area contributed by atoms with Crippen LogP contribution in [0.2, 0.25) is 5.15 Å². The number of azide groups is 1. The highest BCUT2D eigenvalue weighted by atomic mass is 35.5. The Balaban J connectivity index is 2.18. The Kier molecular flexibility index (Phi) is 3.50. The van der Waals surface area contributed by atoms with Crippen molar-refractivity contribution in [1.82, 2.24) is 9.97 Å². The molecule has 9 heteroatoms. The standard InChI is InChI=1S/C9H10ClN7O/c10-6-2-7(15-9(11)14-6)17-4-5(1-8(17)18)3-13-16-12/h2,5H,1,3-4H2,(H2,11,14,15). The molecule has 0 radical (unpaired) electrons. The van der Waals surface area contributed by atoms with Gasteiger partial charge in [0.2, 0.25) is 11.9 Å². The van der Waals surface area contributed by atoms with Crippen LogP contribution in [0.25, 0.3) is 10.4 Å². The van der Waals surface area contributed by atoms with Crippen molar-refractivity contribution < 1.29 is 4.79 Å². The smallest absolute Gasteiger partial charge is 0.228 e. The minimum Gasteiger partial charge on any atom is -0.368 e. The van der Waals surface area contributed by atoms with Crippen molar-refractivity contribution in [3.63, 3.8) is 0 Å². The van der Waals surface area contributed by atoms with Crippen LogP contribution in [-0.4, -0.2) is 29.0 Å². The molecule has 1 amide bonds. The summed E-state index contributed by atoms with van der Waals surface area (Å²) in [4.78, 5) is 23.7. The quantitative estimate of drug-likeness (QED) is 0.385. The first-order valence-electron chi connectivity index (χ1n) is 5.21. The molecule has 2 heterocycles. The second-order valence-corrected chi connectivity index (χ2v) is 4.28. The molecule has 1 unspecified atom stereocenters. The van der Waals surface area contributed by atoms with Gasteiger partial charge in [0, 0.05) is 30.5 Å². The van der Waals surface area contributed by atoms with Crippen molar-refractivity contribution in [2.45, 2.75) is 6.42 Å². The molecule has 0 aromatic carbocycles. The fraction of sp³-hybridized carbons (Fsp3) is 0.444. The van der Waals surface area contributed by atoms with Crippen LogP contribution in [0, 0.1) is 5.92 Å². The van der Waals surface area contributed by atoms with Crippen LogP contribution >= 0.6 is 11.6 Å². The molecule has 0 saturated carbocycles. The van der Waals surface area contributed by atoms with Gasteiger partial charge in [0.25, 0.3) is 0 Å². The summed E-state index contributed by atoms with van der Waals surface area (Å²) in [6.07, 6.45) is 0.320. The summed E-state index contributed by atoms with van der Waals surface area (Å²) in [5.74, 6) is 0.287. The van der Waals surface area contributed by atoms with Gasteiger partial charge in [-0.05, 0) is 11.4 Å². The maximum absolute atomic E-state index is 11.8. The van der Waals surface area contributed by atoms with Gasteiger partial charge in [-0.3, -0.25) is 9.69 Å². The van der Waals surface area contributed by atoms with E-state index in [4.69, 9.17) is 22.9 Å². The molecule has 8 nitrogen and oxygen atoms in total. The number of nitrogens with zero attached hydrogens (tertiary/aromatic N) is 6. The lowest BCUT2D eigenvalue weighted by atomic mass is 10.1. The van der Waals surface area contributed by atoms with Crippen LogP contribution < -0.4 is 10.6 Å². The third kappa shape index (κ3) is 2.61. The summed E-state index contributed by atoms with van der Waals surface area (Å²) in [6, 6.07) is 1.48. The summed E-state index contributed by atoms with van der Waals surface area (Å²) in [6.45, 7) is 0.720. The Morgan fingerprint density at radius 3 is 3.11 bits per heavy atom. The molecular formula is C9H10ClN7O. The molecule has 1 saturated heterocycles. The summed E-state index contributed by atoms with van der Waals surface area (Å²) in [7, 11) is 0. The van der Waals surface area contributed by atoms with Crippen molar-refractivity contribution in [2.24, 2.45) is 11.0 Å². The molecule has 2 rings (SSSR count). The monoisotopic (exact) mass is 267 g/mol. The maximum atomic E-state index is 11.8. The first-order chi connectivity index (χ1) is 8.60. The zero-order valence-electron chi connectivity index (χ0n) is 9.32. The molecule has 2 N–H and O–H groups in total. The number of anilines is 2. The van der Waals surface area contributed by atoms with Crippen LogP contribution in [0.5, 0.6) is 0 Å². The zero-order valence-corrected chi connectivity index (χ0v) is 10.1. The number of amides is 1. The third-order valence-corrected chi connectivity index (χ3v) is 2.78. The fourth-order valence-corrected chi connectivity index (χ4v) is 2.02. The highest BCUT2D eigenvalue weighted by Gasteiger charge is 2.31. The predicted molar refractivity (Wildman–Crippen MR) is 65.9 cm³/mol. The first kappa shape index (κ1) is 12.4. The largest absolute Gasteiger partial charge is 0.368 e. The third-order valence-electron chi connectivity index (χ3n) is 2.58. The van der Waals surface area contributed by atoms with E-state index in [1.807, 2.05) is 0 Å². The average molecular weight is 268 g/mol. The van der Waals surface area contributed by atoms with Gasteiger partial charge < -0.3 is 5.73 Å². The van der Waals surface area contributed by atoms with Gasteiger partial charge in [-0.2, -0.15) is 4.98 Å². The van der Waals surface area contributed by atoms with Crippen LogP contribution in [0.1, 0.15) is 6.42 Å². The molecule has 1 fully saturated rings. The maximum Gasteiger partial charge on any atom is 0.228 e. The topological polar surface area (TPSA) is 121 Å². The van der Waals surface area contributed by atoms with Gasteiger partial charge in [0.15, 0.2) is 0 Å². The van der Waals surface area contributed by atoms with Crippen molar-refractivity contribution in [3.8, 4) is 0 Å². The van der Waals surface area contributed by atoms with Gasteiger partial charge in [-0.1, -0.05) is 16.7 Å². The number of rotatable bonds is 3. The number of hydrogen-bond acceptors (Lipinski definition) is 5. The number of nitrogen functional groups attached to an aromatic ring is 1. The lowest BCUT2D eigenvalue weighted by Gasteiger charge is -2.15. The fourth-order valence-electron chi connectivity index (χ4n) is 1.84. The van der Waals surface area contributed by atoms with E-state index in [0.717, 1.165) is 0 Å². The van der Waals surface area contributed by atoms with E-state index in [2.05, 4.69) is 20.0 Å². The van der Waals surface area contributed by atoms with Crippen molar-refractivity contribution in [2.75, 3.05) is 23.7 Å². The molecule has 1 aliphatic rings. The summed E-state index contributed by atoms with van der Waals surface area (Å²) in [5, 5.41) is 3.65. The van der Waals surface area contributed by atoms with Gasteiger partial charge in [0.05, 0.1) is 0 Å².